The lowest BCUT2D eigenvalue weighted by molar-refractivity contribution is 0.102. The van der Waals surface area contributed by atoms with Crippen LogP contribution in [0.3, 0.4) is 0 Å². The maximum Gasteiger partial charge on any atom is 0.295 e. The van der Waals surface area contributed by atoms with E-state index < -0.39 is 0 Å². The summed E-state index contributed by atoms with van der Waals surface area (Å²) in [6, 6.07) is 3.78. The Kier molecular flexibility index (Phi) is 5.60. The Morgan fingerprint density at radius 1 is 1.11 bits per heavy atom. The zero-order chi connectivity index (χ0) is 19.4. The van der Waals surface area contributed by atoms with Gasteiger partial charge in [0.05, 0.1) is 26.0 Å². The summed E-state index contributed by atoms with van der Waals surface area (Å²) < 4.78 is 10.5. The van der Waals surface area contributed by atoms with Gasteiger partial charge in [-0.1, -0.05) is 12.0 Å². The number of methoxy groups -OCH3 is 2. The van der Waals surface area contributed by atoms with E-state index in [1.54, 1.807) is 19.5 Å². The highest BCUT2D eigenvalue weighted by atomic mass is 32.1. The van der Waals surface area contributed by atoms with Crippen LogP contribution >= 0.6 is 11.3 Å². The molecule has 1 N–H and O–H groups in total. The molecule has 0 unspecified atom stereocenters. The predicted molar refractivity (Wildman–Crippen MR) is 103 cm³/mol. The third kappa shape index (κ3) is 4.03. The molecular weight excluding hydrogens is 366 g/mol. The first kappa shape index (κ1) is 18.7. The summed E-state index contributed by atoms with van der Waals surface area (Å²) in [5.41, 5.74) is 3.60. The Morgan fingerprint density at radius 2 is 1.93 bits per heavy atom. The number of nitrogens with one attached hydrogen (secondary N) is 1. The number of anilines is 1. The Labute approximate surface area is 160 Å². The number of hydrogen-bond acceptors (Lipinski definition) is 8. The zero-order valence-corrected chi connectivity index (χ0v) is 16.3. The monoisotopic (exact) mass is 385 g/mol. The van der Waals surface area contributed by atoms with Gasteiger partial charge in [0.15, 0.2) is 0 Å². The number of carbonyl (C=O) groups is 1. The summed E-state index contributed by atoms with van der Waals surface area (Å²) in [6.07, 6.45) is 3.98. The van der Waals surface area contributed by atoms with Crippen LogP contribution in [-0.2, 0) is 6.42 Å². The van der Waals surface area contributed by atoms with Gasteiger partial charge in [-0.05, 0) is 36.8 Å². The number of aromatic nitrogens is 4. The van der Waals surface area contributed by atoms with Crippen LogP contribution in [0.5, 0.6) is 10.9 Å². The minimum Gasteiger partial charge on any atom is -0.494 e. The number of pyridine rings is 2. The van der Waals surface area contributed by atoms with E-state index in [-0.39, 0.29) is 5.91 Å². The molecule has 0 saturated heterocycles. The first-order valence-electron chi connectivity index (χ1n) is 8.24. The molecular formula is C18H19N5O3S. The first-order chi connectivity index (χ1) is 13.0. The lowest BCUT2D eigenvalue weighted by Gasteiger charge is -2.14. The molecule has 0 aliphatic heterocycles. The van der Waals surface area contributed by atoms with E-state index >= 15 is 0 Å². The van der Waals surface area contributed by atoms with Crippen molar-refractivity contribution < 1.29 is 14.3 Å². The topological polar surface area (TPSA) is 99.1 Å². The molecule has 8 nitrogen and oxygen atoms in total. The number of nitrogens with zero attached hydrogens (tertiary/aromatic N) is 4. The van der Waals surface area contributed by atoms with Crippen LogP contribution in [0.4, 0.5) is 5.13 Å². The van der Waals surface area contributed by atoms with Crippen molar-refractivity contribution in [3.8, 4) is 22.1 Å². The van der Waals surface area contributed by atoms with Crippen molar-refractivity contribution in [2.45, 2.75) is 20.3 Å². The molecule has 0 aliphatic carbocycles. The second-order valence-electron chi connectivity index (χ2n) is 5.63. The summed E-state index contributed by atoms with van der Waals surface area (Å²) >= 11 is 1.14. The largest absolute Gasteiger partial charge is 0.494 e. The van der Waals surface area contributed by atoms with Crippen molar-refractivity contribution in [3.63, 3.8) is 0 Å². The van der Waals surface area contributed by atoms with Gasteiger partial charge in [-0.15, -0.1) is 5.10 Å². The molecule has 0 radical (unpaired) electrons. The molecule has 0 bridgehead atoms. The number of amides is 1. The Balaban J connectivity index is 2.04. The summed E-state index contributed by atoms with van der Waals surface area (Å²) in [5, 5.41) is 11.2. The molecule has 3 heterocycles. The average Bonchev–Trinajstić information content (AvgIpc) is 3.14. The molecule has 0 fully saturated rings. The van der Waals surface area contributed by atoms with E-state index in [1.165, 1.54) is 7.11 Å². The van der Waals surface area contributed by atoms with Crippen LogP contribution in [-0.4, -0.2) is 40.3 Å². The smallest absolute Gasteiger partial charge is 0.295 e. The highest BCUT2D eigenvalue weighted by Gasteiger charge is 2.19. The quantitative estimate of drug-likeness (QED) is 0.696. The van der Waals surface area contributed by atoms with Gasteiger partial charge in [0, 0.05) is 28.7 Å². The standard InChI is InChI=1S/C18H19N5O3S/c1-5-11-7-13(15(25-3)9-20-11)12-6-10(2)19-8-14(12)16(24)21-17-22-23-18(26-4)27-17/h6-9H,5H2,1-4H3,(H,21,22,24). The number of aryl methyl sites for hydroxylation is 2. The lowest BCUT2D eigenvalue weighted by Crippen LogP contribution is -2.14. The van der Waals surface area contributed by atoms with Gasteiger partial charge >= 0.3 is 0 Å². The van der Waals surface area contributed by atoms with Crippen molar-refractivity contribution >= 4 is 22.4 Å². The van der Waals surface area contributed by atoms with Gasteiger partial charge in [0.2, 0.25) is 5.13 Å². The number of ether oxygens (including phenoxy) is 2. The van der Waals surface area contributed by atoms with Crippen LogP contribution in [0, 0.1) is 6.92 Å². The Morgan fingerprint density at radius 3 is 2.59 bits per heavy atom. The third-order valence-corrected chi connectivity index (χ3v) is 4.68. The van der Waals surface area contributed by atoms with Gasteiger partial charge < -0.3 is 9.47 Å². The molecule has 3 aromatic heterocycles. The summed E-state index contributed by atoms with van der Waals surface area (Å²) in [5.74, 6) is 0.248. The molecule has 3 aromatic rings. The van der Waals surface area contributed by atoms with Gasteiger partial charge in [0.25, 0.3) is 11.1 Å². The number of carbonyl (C=O) groups excluding carboxylic acids is 1. The van der Waals surface area contributed by atoms with Gasteiger partial charge in [0.1, 0.15) is 5.75 Å². The summed E-state index contributed by atoms with van der Waals surface area (Å²) in [7, 11) is 3.07. The molecule has 0 aromatic carbocycles. The highest BCUT2D eigenvalue weighted by Crippen LogP contribution is 2.33. The number of rotatable bonds is 6. The van der Waals surface area contributed by atoms with Crippen molar-refractivity contribution in [1.29, 1.82) is 0 Å². The van der Waals surface area contributed by atoms with Crippen LogP contribution < -0.4 is 14.8 Å². The second kappa shape index (κ2) is 8.09. The predicted octanol–water partition coefficient (Wildman–Crippen LogP) is 3.14. The van der Waals surface area contributed by atoms with Crippen molar-refractivity contribution in [1.82, 2.24) is 20.2 Å². The first-order valence-corrected chi connectivity index (χ1v) is 9.06. The molecule has 27 heavy (non-hydrogen) atoms. The van der Waals surface area contributed by atoms with Gasteiger partial charge in [-0.3, -0.25) is 20.1 Å². The molecule has 140 valence electrons. The SMILES string of the molecule is CCc1cc(-c2cc(C)ncc2C(=O)Nc2nnc(OC)s2)c(OC)cn1. The molecule has 1 amide bonds. The number of hydrogen-bond donors (Lipinski definition) is 1. The normalized spacial score (nSPS) is 10.5. The fourth-order valence-electron chi connectivity index (χ4n) is 2.52. The summed E-state index contributed by atoms with van der Waals surface area (Å²) in [6.45, 7) is 3.89. The minimum atomic E-state index is -0.340. The molecule has 0 spiro atoms. The van der Waals surface area contributed by atoms with E-state index in [0.29, 0.717) is 27.2 Å². The van der Waals surface area contributed by atoms with E-state index in [1.807, 2.05) is 26.0 Å². The van der Waals surface area contributed by atoms with E-state index in [2.05, 4.69) is 25.5 Å². The fourth-order valence-corrected chi connectivity index (χ4v) is 3.08. The maximum absolute atomic E-state index is 12.9. The third-order valence-electron chi connectivity index (χ3n) is 3.88. The highest BCUT2D eigenvalue weighted by molar-refractivity contribution is 7.17. The maximum atomic E-state index is 12.9. The zero-order valence-electron chi connectivity index (χ0n) is 15.4. The Hall–Kier alpha value is -3.07. The van der Waals surface area contributed by atoms with E-state index in [4.69, 9.17) is 9.47 Å². The molecule has 0 atom stereocenters. The summed E-state index contributed by atoms with van der Waals surface area (Å²) in [4.78, 5) is 21.5. The van der Waals surface area contributed by atoms with Gasteiger partial charge in [-0.2, -0.15) is 0 Å². The molecule has 3 rings (SSSR count). The van der Waals surface area contributed by atoms with E-state index in [9.17, 15) is 4.79 Å². The second-order valence-corrected chi connectivity index (χ2v) is 6.57. The van der Waals surface area contributed by atoms with E-state index in [0.717, 1.165) is 34.7 Å². The lowest BCUT2D eigenvalue weighted by atomic mass is 9.99. The van der Waals surface area contributed by atoms with Crippen molar-refractivity contribution in [2.75, 3.05) is 19.5 Å². The molecule has 9 heteroatoms. The van der Waals surface area contributed by atoms with Gasteiger partial charge in [-0.25, -0.2) is 0 Å². The van der Waals surface area contributed by atoms with Crippen LogP contribution in [0.15, 0.2) is 24.5 Å². The van der Waals surface area contributed by atoms with Crippen LogP contribution in [0.2, 0.25) is 0 Å². The van der Waals surface area contributed by atoms with Crippen LogP contribution in [0.1, 0.15) is 28.7 Å². The average molecular weight is 385 g/mol. The van der Waals surface area contributed by atoms with Crippen molar-refractivity contribution in [3.05, 3.63) is 41.5 Å². The van der Waals surface area contributed by atoms with Crippen LogP contribution in [0.25, 0.3) is 11.1 Å². The molecule has 0 aliphatic rings. The Bertz CT molecular complexity index is 973. The fraction of sp³-hybridized carbons (Fsp3) is 0.278. The van der Waals surface area contributed by atoms with Crippen molar-refractivity contribution in [2.24, 2.45) is 0 Å². The molecule has 0 saturated carbocycles. The minimum absolute atomic E-state index is 0.340.